The third kappa shape index (κ3) is 2.51. The summed E-state index contributed by atoms with van der Waals surface area (Å²) < 4.78 is 5.21. The van der Waals surface area contributed by atoms with E-state index in [2.05, 4.69) is 0 Å². The molecule has 0 spiro atoms. The van der Waals surface area contributed by atoms with Crippen molar-refractivity contribution in [2.45, 2.75) is 20.0 Å². The summed E-state index contributed by atoms with van der Waals surface area (Å²) in [6, 6.07) is 3.82. The number of aliphatic hydroxyl groups excluding tert-OH is 1. The molecule has 1 amide bonds. The van der Waals surface area contributed by atoms with Gasteiger partial charge in [-0.15, -0.1) is 0 Å². The molecule has 0 radical (unpaired) electrons. The number of amides is 1. The Morgan fingerprint density at radius 2 is 2.22 bits per heavy atom. The molecule has 18 heavy (non-hydrogen) atoms. The lowest BCUT2D eigenvalue weighted by atomic mass is 10.1. The number of carbonyl (C=O) groups excluding carboxylic acids is 1. The lowest BCUT2D eigenvalue weighted by Gasteiger charge is -2.33. The van der Waals surface area contributed by atoms with Crippen LogP contribution in [0.1, 0.15) is 11.1 Å². The summed E-state index contributed by atoms with van der Waals surface area (Å²) in [5.74, 6) is -0.131. The lowest BCUT2D eigenvalue weighted by Crippen LogP contribution is -2.48. The average Bonchev–Trinajstić information content (AvgIpc) is 2.30. The standard InChI is InChI=1S/C13H16ClNO3/c1-8-3-9(2)13(11(14)4-8)15-5-10(6-16)18-7-12(15)17/h3-4,10,16H,5-7H2,1-2H3. The minimum Gasteiger partial charge on any atom is -0.394 e. The molecule has 0 bridgehead atoms. The van der Waals surface area contributed by atoms with Gasteiger partial charge in [0.15, 0.2) is 0 Å². The van der Waals surface area contributed by atoms with Gasteiger partial charge in [-0.25, -0.2) is 0 Å². The smallest absolute Gasteiger partial charge is 0.253 e. The number of anilines is 1. The molecule has 5 heteroatoms. The van der Waals surface area contributed by atoms with Crippen molar-refractivity contribution >= 4 is 23.2 Å². The molecule has 1 heterocycles. The van der Waals surface area contributed by atoms with Gasteiger partial charge in [0.1, 0.15) is 6.61 Å². The molecule has 1 unspecified atom stereocenters. The predicted molar refractivity (Wildman–Crippen MR) is 70.1 cm³/mol. The molecule has 1 aliphatic rings. The van der Waals surface area contributed by atoms with E-state index in [4.69, 9.17) is 21.4 Å². The maximum absolute atomic E-state index is 11.9. The fourth-order valence-corrected chi connectivity index (χ4v) is 2.62. The fraction of sp³-hybridized carbons (Fsp3) is 0.462. The second-order valence-electron chi connectivity index (χ2n) is 4.53. The van der Waals surface area contributed by atoms with Crippen molar-refractivity contribution in [3.8, 4) is 0 Å². The van der Waals surface area contributed by atoms with E-state index in [0.717, 1.165) is 11.1 Å². The van der Waals surface area contributed by atoms with Gasteiger partial charge in [-0.3, -0.25) is 4.79 Å². The van der Waals surface area contributed by atoms with Crippen molar-refractivity contribution in [2.75, 3.05) is 24.7 Å². The van der Waals surface area contributed by atoms with Gasteiger partial charge in [0, 0.05) is 0 Å². The first kappa shape index (κ1) is 13.3. The molecule has 4 nitrogen and oxygen atoms in total. The number of aliphatic hydroxyl groups is 1. The number of aryl methyl sites for hydroxylation is 2. The minimum absolute atomic E-state index is 0.0190. The Hall–Kier alpha value is -1.10. The van der Waals surface area contributed by atoms with E-state index < -0.39 is 0 Å². The van der Waals surface area contributed by atoms with Crippen LogP contribution >= 0.6 is 11.6 Å². The second-order valence-corrected chi connectivity index (χ2v) is 4.94. The lowest BCUT2D eigenvalue weighted by molar-refractivity contribution is -0.130. The van der Waals surface area contributed by atoms with Crippen molar-refractivity contribution < 1.29 is 14.6 Å². The summed E-state index contributed by atoms with van der Waals surface area (Å²) >= 11 is 6.23. The zero-order valence-corrected chi connectivity index (χ0v) is 11.2. The van der Waals surface area contributed by atoms with Crippen molar-refractivity contribution in [1.82, 2.24) is 0 Å². The Bertz CT molecular complexity index is 452. The predicted octanol–water partition coefficient (Wildman–Crippen LogP) is 1.68. The van der Waals surface area contributed by atoms with Gasteiger partial charge in [-0.2, -0.15) is 0 Å². The van der Waals surface area contributed by atoms with Gasteiger partial charge < -0.3 is 14.7 Å². The van der Waals surface area contributed by atoms with E-state index >= 15 is 0 Å². The van der Waals surface area contributed by atoms with Crippen molar-refractivity contribution in [3.05, 3.63) is 28.3 Å². The maximum Gasteiger partial charge on any atom is 0.253 e. The van der Waals surface area contributed by atoms with Crippen LogP contribution in [0.4, 0.5) is 5.69 Å². The monoisotopic (exact) mass is 269 g/mol. The number of carbonyl (C=O) groups is 1. The molecule has 0 saturated carbocycles. The Labute approximate surface area is 111 Å². The highest BCUT2D eigenvalue weighted by Crippen LogP contribution is 2.32. The van der Waals surface area contributed by atoms with E-state index in [1.807, 2.05) is 26.0 Å². The summed E-state index contributed by atoms with van der Waals surface area (Å²) in [5.41, 5.74) is 2.72. The van der Waals surface area contributed by atoms with Gasteiger partial charge in [-0.1, -0.05) is 17.7 Å². The Kier molecular flexibility index (Phi) is 3.90. The number of nitrogens with zero attached hydrogens (tertiary/aromatic N) is 1. The van der Waals surface area contributed by atoms with Gasteiger partial charge >= 0.3 is 0 Å². The average molecular weight is 270 g/mol. The third-order valence-corrected chi connectivity index (χ3v) is 3.29. The van der Waals surface area contributed by atoms with E-state index in [1.165, 1.54) is 0 Å². The number of hydrogen-bond acceptors (Lipinski definition) is 3. The molecular weight excluding hydrogens is 254 g/mol. The number of halogens is 1. The van der Waals surface area contributed by atoms with Gasteiger partial charge in [0.05, 0.1) is 30.0 Å². The van der Waals surface area contributed by atoms with E-state index in [9.17, 15) is 4.79 Å². The third-order valence-electron chi connectivity index (χ3n) is 3.00. The molecule has 1 atom stereocenters. The molecule has 1 fully saturated rings. The minimum atomic E-state index is -0.348. The zero-order valence-electron chi connectivity index (χ0n) is 10.4. The first-order valence-corrected chi connectivity index (χ1v) is 6.20. The number of hydrogen-bond donors (Lipinski definition) is 1. The summed E-state index contributed by atoms with van der Waals surface area (Å²) in [5, 5.41) is 9.68. The van der Waals surface area contributed by atoms with E-state index in [0.29, 0.717) is 17.3 Å². The SMILES string of the molecule is Cc1cc(C)c(N2CC(CO)OCC2=O)c(Cl)c1. The normalized spacial score (nSPS) is 20.3. The summed E-state index contributed by atoms with van der Waals surface area (Å²) in [6.45, 7) is 4.09. The molecular formula is C13H16ClNO3. The molecule has 98 valence electrons. The van der Waals surface area contributed by atoms with Crippen LogP contribution in [0.2, 0.25) is 5.02 Å². The molecule has 0 aliphatic carbocycles. The Balaban J connectivity index is 2.37. The van der Waals surface area contributed by atoms with Crippen molar-refractivity contribution in [3.63, 3.8) is 0 Å². The van der Waals surface area contributed by atoms with Gasteiger partial charge in [0.25, 0.3) is 5.91 Å². The molecule has 2 rings (SSSR count). The highest BCUT2D eigenvalue weighted by Gasteiger charge is 2.29. The van der Waals surface area contributed by atoms with Gasteiger partial charge in [0.2, 0.25) is 0 Å². The van der Waals surface area contributed by atoms with Crippen LogP contribution in [0, 0.1) is 13.8 Å². The highest BCUT2D eigenvalue weighted by atomic mass is 35.5. The Morgan fingerprint density at radius 3 is 2.83 bits per heavy atom. The van der Waals surface area contributed by atoms with Crippen LogP contribution in [-0.2, 0) is 9.53 Å². The highest BCUT2D eigenvalue weighted by molar-refractivity contribution is 6.34. The van der Waals surface area contributed by atoms with Gasteiger partial charge in [-0.05, 0) is 31.0 Å². The van der Waals surface area contributed by atoms with Crippen LogP contribution in [0.3, 0.4) is 0 Å². The number of benzene rings is 1. The largest absolute Gasteiger partial charge is 0.394 e. The van der Waals surface area contributed by atoms with Crippen molar-refractivity contribution in [2.24, 2.45) is 0 Å². The molecule has 1 aliphatic heterocycles. The van der Waals surface area contributed by atoms with Crippen LogP contribution in [0.5, 0.6) is 0 Å². The number of rotatable bonds is 2. The van der Waals surface area contributed by atoms with Crippen molar-refractivity contribution in [1.29, 1.82) is 0 Å². The quantitative estimate of drug-likeness (QED) is 0.889. The fourth-order valence-electron chi connectivity index (χ4n) is 2.20. The van der Waals surface area contributed by atoms with E-state index in [-0.39, 0.29) is 25.2 Å². The summed E-state index contributed by atoms with van der Waals surface area (Å²) in [4.78, 5) is 13.5. The second kappa shape index (κ2) is 5.26. The first-order chi connectivity index (χ1) is 8.52. The first-order valence-electron chi connectivity index (χ1n) is 5.82. The maximum atomic E-state index is 11.9. The summed E-state index contributed by atoms with van der Waals surface area (Å²) in [7, 11) is 0. The summed E-state index contributed by atoms with van der Waals surface area (Å²) in [6.07, 6.45) is -0.348. The van der Waals surface area contributed by atoms with Crippen LogP contribution in [-0.4, -0.2) is 36.9 Å². The number of ether oxygens (including phenoxy) is 1. The molecule has 1 saturated heterocycles. The molecule has 1 N–H and O–H groups in total. The van der Waals surface area contributed by atoms with Crippen LogP contribution in [0.15, 0.2) is 12.1 Å². The van der Waals surface area contributed by atoms with Crippen LogP contribution in [0.25, 0.3) is 0 Å². The topological polar surface area (TPSA) is 49.8 Å². The molecule has 1 aromatic carbocycles. The number of morpholine rings is 1. The Morgan fingerprint density at radius 1 is 1.50 bits per heavy atom. The zero-order chi connectivity index (χ0) is 13.3. The van der Waals surface area contributed by atoms with E-state index in [1.54, 1.807) is 4.90 Å². The molecule has 0 aromatic heterocycles. The molecule has 1 aromatic rings. The van der Waals surface area contributed by atoms with Crippen LogP contribution < -0.4 is 4.90 Å².